The normalized spacial score (nSPS) is 19.8. The molecule has 1 aromatic rings. The molecule has 114 valence electrons. The monoisotopic (exact) mass is 328 g/mol. The summed E-state index contributed by atoms with van der Waals surface area (Å²) in [6, 6.07) is 0. The van der Waals surface area contributed by atoms with E-state index in [1.807, 2.05) is 0 Å². The molecule has 8 heteroatoms. The second-order valence-electron chi connectivity index (χ2n) is 4.83. The summed E-state index contributed by atoms with van der Waals surface area (Å²) in [6.45, 7) is 0.0136. The van der Waals surface area contributed by atoms with E-state index in [0.717, 1.165) is 0 Å². The van der Waals surface area contributed by atoms with Gasteiger partial charge in [0.25, 0.3) is 0 Å². The topological polar surface area (TPSA) is 96.4 Å². The molecular weight excluding hydrogens is 312 g/mol. The van der Waals surface area contributed by atoms with E-state index >= 15 is 0 Å². The molecule has 1 amide bonds. The van der Waals surface area contributed by atoms with Crippen LogP contribution in [0.25, 0.3) is 0 Å². The Labute approximate surface area is 127 Å². The van der Waals surface area contributed by atoms with E-state index in [4.69, 9.17) is 5.11 Å². The molecule has 0 aliphatic carbocycles. The van der Waals surface area contributed by atoms with Gasteiger partial charge in [0.15, 0.2) is 15.0 Å². The van der Waals surface area contributed by atoms with Crippen molar-refractivity contribution >= 4 is 32.2 Å². The zero-order chi connectivity index (χ0) is 15.3. The van der Waals surface area contributed by atoms with Gasteiger partial charge in [0.1, 0.15) is 0 Å². The number of anilines is 1. The van der Waals surface area contributed by atoms with E-state index in [9.17, 15) is 13.2 Å². The van der Waals surface area contributed by atoms with E-state index in [0.29, 0.717) is 22.9 Å². The maximum absolute atomic E-state index is 11.8. The van der Waals surface area contributed by atoms with Crippen LogP contribution in [0.4, 0.5) is 5.13 Å². The number of aliphatic hydroxyl groups is 1. The van der Waals surface area contributed by atoms with Crippen LogP contribution in [-0.2, 0) is 14.6 Å². The first-order chi connectivity index (χ1) is 9.98. The zero-order valence-corrected chi connectivity index (χ0v) is 13.0. The molecule has 0 saturated carbocycles. The summed E-state index contributed by atoms with van der Waals surface area (Å²) in [4.78, 5) is 16.6. The van der Waals surface area contributed by atoms with Gasteiger partial charge in [-0.15, -0.1) is 0 Å². The number of thiazole rings is 1. The van der Waals surface area contributed by atoms with Crippen LogP contribution in [-0.4, -0.2) is 42.5 Å². The van der Waals surface area contributed by atoms with Crippen molar-refractivity contribution in [2.45, 2.75) is 19.3 Å². The molecule has 6 nitrogen and oxygen atoms in total. The van der Waals surface area contributed by atoms with Gasteiger partial charge >= 0.3 is 0 Å². The predicted octanol–water partition coefficient (Wildman–Crippen LogP) is 0.640. The Morgan fingerprint density at radius 2 is 2.38 bits per heavy atom. The number of hydrogen-bond acceptors (Lipinski definition) is 6. The molecule has 0 aromatic carbocycles. The molecule has 2 N–H and O–H groups in total. The third-order valence-electron chi connectivity index (χ3n) is 3.00. The maximum atomic E-state index is 11.8. The fraction of sp³-hybridized carbons (Fsp3) is 0.538. The maximum Gasteiger partial charge on any atom is 0.226 e. The highest BCUT2D eigenvalue weighted by Gasteiger charge is 2.29. The van der Waals surface area contributed by atoms with Crippen molar-refractivity contribution in [1.82, 2.24) is 4.98 Å². The van der Waals surface area contributed by atoms with Gasteiger partial charge in [0, 0.05) is 12.8 Å². The van der Waals surface area contributed by atoms with Crippen molar-refractivity contribution in [2.24, 2.45) is 5.92 Å². The first kappa shape index (κ1) is 15.9. The van der Waals surface area contributed by atoms with E-state index in [1.165, 1.54) is 11.3 Å². The average Bonchev–Trinajstić information content (AvgIpc) is 2.96. The minimum absolute atomic E-state index is 0.0136. The summed E-state index contributed by atoms with van der Waals surface area (Å²) >= 11 is 1.25. The molecule has 1 aliphatic heterocycles. The molecule has 0 spiro atoms. The second-order valence-corrected chi connectivity index (χ2v) is 8.09. The number of nitrogens with one attached hydrogen (secondary N) is 1. The molecule has 1 aromatic heterocycles. The van der Waals surface area contributed by atoms with Crippen LogP contribution in [0.3, 0.4) is 0 Å². The quantitative estimate of drug-likeness (QED) is 0.791. The highest BCUT2D eigenvalue weighted by atomic mass is 32.2. The van der Waals surface area contributed by atoms with Gasteiger partial charge < -0.3 is 10.4 Å². The lowest BCUT2D eigenvalue weighted by Crippen LogP contribution is -2.17. The third kappa shape index (κ3) is 5.12. The number of sulfone groups is 1. The Kier molecular flexibility index (Phi) is 5.33. The number of nitrogens with zero attached hydrogens (tertiary/aromatic N) is 1. The zero-order valence-electron chi connectivity index (χ0n) is 11.3. The molecule has 1 unspecified atom stereocenters. The standard InChI is InChI=1S/C13H16N2O4S2/c16-5-2-1-3-11-8-14-13(20-11)15-12(17)7-10-4-6-21(18,19)9-10/h8,10,16H,2,4-7,9H2,(H,14,15,17). The first-order valence-corrected chi connectivity index (χ1v) is 9.18. The molecular formula is C13H16N2O4S2. The summed E-state index contributed by atoms with van der Waals surface area (Å²) in [7, 11) is -2.95. The lowest BCUT2D eigenvalue weighted by Gasteiger charge is -2.06. The molecule has 0 bridgehead atoms. The van der Waals surface area contributed by atoms with Crippen LogP contribution in [0.2, 0.25) is 0 Å². The predicted molar refractivity (Wildman–Crippen MR) is 80.7 cm³/mol. The minimum atomic E-state index is -2.95. The molecule has 1 fully saturated rings. The van der Waals surface area contributed by atoms with Crippen LogP contribution in [0.15, 0.2) is 6.20 Å². The minimum Gasteiger partial charge on any atom is -0.395 e. The van der Waals surface area contributed by atoms with Gasteiger partial charge in [-0.3, -0.25) is 4.79 Å². The van der Waals surface area contributed by atoms with E-state index in [1.54, 1.807) is 6.20 Å². The Morgan fingerprint density at radius 3 is 3.05 bits per heavy atom. The fourth-order valence-corrected chi connectivity index (χ4v) is 4.63. The first-order valence-electron chi connectivity index (χ1n) is 6.54. The number of carbonyl (C=O) groups excluding carboxylic acids is 1. The number of aliphatic hydroxyl groups excluding tert-OH is 1. The largest absolute Gasteiger partial charge is 0.395 e. The number of aromatic nitrogens is 1. The van der Waals surface area contributed by atoms with E-state index in [-0.39, 0.29) is 36.4 Å². The molecule has 1 aliphatic rings. The van der Waals surface area contributed by atoms with Crippen molar-refractivity contribution in [3.05, 3.63) is 11.1 Å². The molecule has 1 atom stereocenters. The smallest absolute Gasteiger partial charge is 0.226 e. The molecule has 21 heavy (non-hydrogen) atoms. The Hall–Kier alpha value is -1.43. The van der Waals surface area contributed by atoms with Crippen LogP contribution in [0.1, 0.15) is 24.1 Å². The summed E-state index contributed by atoms with van der Waals surface area (Å²) in [5, 5.41) is 11.7. The van der Waals surface area contributed by atoms with Gasteiger partial charge in [0.2, 0.25) is 5.91 Å². The second kappa shape index (κ2) is 7.02. The summed E-state index contributed by atoms with van der Waals surface area (Å²) in [5.74, 6) is 5.56. The van der Waals surface area contributed by atoms with Gasteiger partial charge in [0.05, 0.1) is 29.2 Å². The Balaban J connectivity index is 1.85. The fourth-order valence-electron chi connectivity index (χ4n) is 2.06. The van der Waals surface area contributed by atoms with Gasteiger partial charge in [-0.1, -0.05) is 23.2 Å². The van der Waals surface area contributed by atoms with Crippen molar-refractivity contribution in [1.29, 1.82) is 0 Å². The van der Waals surface area contributed by atoms with E-state index < -0.39 is 9.84 Å². The van der Waals surface area contributed by atoms with Crippen molar-refractivity contribution < 1.29 is 18.3 Å². The van der Waals surface area contributed by atoms with Crippen LogP contribution < -0.4 is 5.32 Å². The number of carbonyl (C=O) groups is 1. The molecule has 2 heterocycles. The van der Waals surface area contributed by atoms with Gasteiger partial charge in [-0.25, -0.2) is 13.4 Å². The van der Waals surface area contributed by atoms with Crippen LogP contribution in [0, 0.1) is 17.8 Å². The highest BCUT2D eigenvalue weighted by molar-refractivity contribution is 7.91. The van der Waals surface area contributed by atoms with E-state index in [2.05, 4.69) is 22.1 Å². The van der Waals surface area contributed by atoms with Crippen LogP contribution >= 0.6 is 11.3 Å². The number of amides is 1. The molecule has 1 saturated heterocycles. The lowest BCUT2D eigenvalue weighted by atomic mass is 10.1. The van der Waals surface area contributed by atoms with Gasteiger partial charge in [-0.05, 0) is 12.3 Å². The molecule has 2 rings (SSSR count). The Morgan fingerprint density at radius 1 is 1.57 bits per heavy atom. The Bertz CT molecular complexity index is 670. The summed E-state index contributed by atoms with van der Waals surface area (Å²) < 4.78 is 22.7. The van der Waals surface area contributed by atoms with Crippen LogP contribution in [0.5, 0.6) is 0 Å². The lowest BCUT2D eigenvalue weighted by molar-refractivity contribution is -0.116. The highest BCUT2D eigenvalue weighted by Crippen LogP contribution is 2.23. The SMILES string of the molecule is O=C(CC1CCS(=O)(=O)C1)Nc1ncc(C#CCCO)s1. The van der Waals surface area contributed by atoms with Gasteiger partial charge in [-0.2, -0.15) is 0 Å². The third-order valence-corrected chi connectivity index (χ3v) is 5.67. The average molecular weight is 328 g/mol. The number of rotatable bonds is 4. The van der Waals surface area contributed by atoms with Crippen molar-refractivity contribution in [3.63, 3.8) is 0 Å². The van der Waals surface area contributed by atoms with Crippen molar-refractivity contribution in [2.75, 3.05) is 23.4 Å². The number of hydrogen-bond donors (Lipinski definition) is 2. The summed E-state index contributed by atoms with van der Waals surface area (Å²) in [6.07, 6.45) is 2.70. The summed E-state index contributed by atoms with van der Waals surface area (Å²) in [5.41, 5.74) is 0. The van der Waals surface area contributed by atoms with Crippen molar-refractivity contribution in [3.8, 4) is 11.8 Å². The molecule has 0 radical (unpaired) electrons.